The number of aliphatic carboxylic acids is 1. The van der Waals surface area contributed by atoms with E-state index in [2.05, 4.69) is 19.6 Å². The smallest absolute Gasteiger partial charge is 0.316 e. The van der Waals surface area contributed by atoms with Crippen LogP contribution in [0.15, 0.2) is 35.0 Å². The fraction of sp³-hybridized carbons (Fsp3) is 0.429. The average Bonchev–Trinajstić information content (AvgIpc) is 3.19. The third-order valence-electron chi connectivity index (χ3n) is 4.30. The first-order valence-corrected chi connectivity index (χ1v) is 14.2. The normalized spacial score (nSPS) is 12.4. The zero-order valence-corrected chi connectivity index (χ0v) is 19.2. The van der Waals surface area contributed by atoms with Crippen molar-refractivity contribution in [2.45, 2.75) is 32.3 Å². The Morgan fingerprint density at radius 2 is 1.93 bits per heavy atom. The van der Waals surface area contributed by atoms with Crippen LogP contribution in [0.4, 0.5) is 0 Å². The Hall–Kier alpha value is -2.20. The quantitative estimate of drug-likeness (QED) is 0.156. The second-order valence-electron chi connectivity index (χ2n) is 8.00. The van der Waals surface area contributed by atoms with E-state index in [4.69, 9.17) is 14.2 Å². The van der Waals surface area contributed by atoms with Gasteiger partial charge in [0.2, 0.25) is 0 Å². The molecule has 0 aliphatic rings. The van der Waals surface area contributed by atoms with E-state index in [-0.39, 0.29) is 18.1 Å². The number of thiophene rings is 1. The first kappa shape index (κ1) is 24.1. The molecule has 164 valence electrons. The van der Waals surface area contributed by atoms with E-state index in [9.17, 15) is 19.8 Å². The predicted octanol–water partition coefficient (Wildman–Crippen LogP) is 3.89. The maximum atomic E-state index is 12.6. The molecule has 2 N–H and O–H groups in total. The van der Waals surface area contributed by atoms with Crippen molar-refractivity contribution in [2.75, 3.05) is 20.0 Å². The number of hydrogen-bond donors (Lipinski definition) is 2. The topological polar surface area (TPSA) is 102 Å². The van der Waals surface area contributed by atoms with Crippen molar-refractivity contribution < 1.29 is 34.0 Å². The molecule has 0 fully saturated rings. The summed E-state index contributed by atoms with van der Waals surface area (Å²) in [6.07, 6.45) is 0. The monoisotopic (exact) mass is 452 g/mol. The molecule has 0 amide bonds. The zero-order chi connectivity index (χ0) is 22.1. The molecule has 0 saturated heterocycles. The maximum absolute atomic E-state index is 12.6. The predicted molar refractivity (Wildman–Crippen MR) is 117 cm³/mol. The molecule has 0 aliphatic heterocycles. The molecule has 2 aromatic rings. The van der Waals surface area contributed by atoms with Gasteiger partial charge in [-0.1, -0.05) is 19.6 Å². The number of ether oxygens (including phenoxy) is 3. The highest BCUT2D eigenvalue weighted by Crippen LogP contribution is 2.28. The van der Waals surface area contributed by atoms with Crippen molar-refractivity contribution in [3.63, 3.8) is 0 Å². The Balaban J connectivity index is 2.13. The van der Waals surface area contributed by atoms with E-state index < -0.39 is 32.4 Å². The summed E-state index contributed by atoms with van der Waals surface area (Å²) in [5, 5.41) is 22.4. The third-order valence-corrected chi connectivity index (χ3v) is 6.73. The van der Waals surface area contributed by atoms with Crippen molar-refractivity contribution in [2.24, 2.45) is 5.92 Å². The van der Waals surface area contributed by atoms with Crippen molar-refractivity contribution >= 4 is 31.2 Å². The maximum Gasteiger partial charge on any atom is 0.316 e. The molecule has 2 rings (SSSR count). The Bertz CT molecular complexity index is 830. The number of benzene rings is 1. The Morgan fingerprint density at radius 3 is 2.53 bits per heavy atom. The molecular formula is C21H28O7SSi. The Morgan fingerprint density at radius 1 is 1.17 bits per heavy atom. The number of aliphatic hydroxyl groups excluding tert-OH is 1. The molecule has 9 heteroatoms. The van der Waals surface area contributed by atoms with E-state index in [0.717, 1.165) is 11.6 Å². The molecule has 0 aliphatic carbocycles. The van der Waals surface area contributed by atoms with Gasteiger partial charge in [-0.15, -0.1) is 0 Å². The third kappa shape index (κ3) is 7.56. The van der Waals surface area contributed by atoms with E-state index in [1.807, 2.05) is 16.8 Å². The van der Waals surface area contributed by atoms with Crippen LogP contribution in [0.25, 0.3) is 0 Å². The van der Waals surface area contributed by atoms with Crippen LogP contribution in [0.2, 0.25) is 25.7 Å². The summed E-state index contributed by atoms with van der Waals surface area (Å²) in [6, 6.07) is 7.49. The van der Waals surface area contributed by atoms with Crippen LogP contribution >= 0.6 is 11.3 Å². The molecule has 0 spiro atoms. The Labute approximate surface area is 181 Å². The van der Waals surface area contributed by atoms with E-state index in [1.54, 1.807) is 17.4 Å². The zero-order valence-electron chi connectivity index (χ0n) is 17.4. The average molecular weight is 453 g/mol. The van der Waals surface area contributed by atoms with Crippen LogP contribution in [-0.2, 0) is 16.1 Å². The van der Waals surface area contributed by atoms with Crippen molar-refractivity contribution in [3.8, 4) is 11.5 Å². The first-order valence-electron chi connectivity index (χ1n) is 9.57. The lowest BCUT2D eigenvalue weighted by Crippen LogP contribution is -2.27. The summed E-state index contributed by atoms with van der Waals surface area (Å²) < 4.78 is 16.9. The fourth-order valence-corrected chi connectivity index (χ4v) is 3.87. The van der Waals surface area contributed by atoms with Gasteiger partial charge in [0.15, 0.2) is 12.6 Å². The van der Waals surface area contributed by atoms with Gasteiger partial charge in [0.25, 0.3) is 0 Å². The van der Waals surface area contributed by atoms with Crippen LogP contribution in [0.3, 0.4) is 0 Å². The summed E-state index contributed by atoms with van der Waals surface area (Å²) >= 11 is 1.57. The summed E-state index contributed by atoms with van der Waals surface area (Å²) in [6.45, 7) is 6.75. The minimum absolute atomic E-state index is 0.0631. The van der Waals surface area contributed by atoms with Crippen LogP contribution < -0.4 is 9.47 Å². The molecule has 0 saturated carbocycles. The van der Waals surface area contributed by atoms with E-state index in [0.29, 0.717) is 19.0 Å². The summed E-state index contributed by atoms with van der Waals surface area (Å²) in [7, 11) is -1.24. The molecule has 1 atom stereocenters. The van der Waals surface area contributed by atoms with E-state index in [1.165, 1.54) is 12.1 Å². The lowest BCUT2D eigenvalue weighted by Gasteiger charge is -2.17. The fourth-order valence-electron chi connectivity index (χ4n) is 2.46. The van der Waals surface area contributed by atoms with Gasteiger partial charge in [-0.3, -0.25) is 9.59 Å². The number of rotatable bonds is 13. The largest absolute Gasteiger partial charge is 0.489 e. The van der Waals surface area contributed by atoms with Gasteiger partial charge in [0.1, 0.15) is 24.0 Å². The lowest BCUT2D eigenvalue weighted by molar-refractivity contribution is -0.141. The standard InChI is InChI=1S/C21H28O7SSi/c1-30(2,3)9-7-26-14-28-19-10-16(27-12-15-6-8-29-13-15)4-5-17(19)20(23)18(11-22)21(24)25/h4-6,8,10,13,18,22H,7,9,11-12,14H2,1-3H3,(H,24,25). The summed E-state index contributed by atoms with van der Waals surface area (Å²) in [4.78, 5) is 23.9. The molecule has 1 aromatic heterocycles. The number of carboxylic acid groups (broad SMARTS) is 1. The van der Waals surface area contributed by atoms with E-state index >= 15 is 0 Å². The molecule has 1 heterocycles. The van der Waals surface area contributed by atoms with Gasteiger partial charge in [-0.2, -0.15) is 11.3 Å². The molecule has 30 heavy (non-hydrogen) atoms. The minimum atomic E-state index is -1.56. The number of carbonyl (C=O) groups excluding carboxylic acids is 1. The second-order valence-corrected chi connectivity index (χ2v) is 14.4. The number of hydrogen-bond acceptors (Lipinski definition) is 7. The van der Waals surface area contributed by atoms with Crippen LogP contribution in [0.1, 0.15) is 15.9 Å². The minimum Gasteiger partial charge on any atom is -0.489 e. The van der Waals surface area contributed by atoms with Crippen molar-refractivity contribution in [3.05, 3.63) is 46.2 Å². The van der Waals surface area contributed by atoms with Crippen LogP contribution in [-0.4, -0.2) is 50.0 Å². The van der Waals surface area contributed by atoms with Crippen LogP contribution in [0.5, 0.6) is 11.5 Å². The van der Waals surface area contributed by atoms with Crippen molar-refractivity contribution in [1.82, 2.24) is 0 Å². The summed E-state index contributed by atoms with van der Waals surface area (Å²) in [5.74, 6) is -3.04. The van der Waals surface area contributed by atoms with Crippen molar-refractivity contribution in [1.29, 1.82) is 0 Å². The second kappa shape index (κ2) is 11.3. The molecular weight excluding hydrogens is 424 g/mol. The van der Waals surface area contributed by atoms with Gasteiger partial charge < -0.3 is 24.4 Å². The van der Waals surface area contributed by atoms with Gasteiger partial charge in [0.05, 0.1) is 12.2 Å². The molecule has 1 unspecified atom stereocenters. The van der Waals surface area contributed by atoms with Gasteiger partial charge in [-0.25, -0.2) is 0 Å². The number of ketones is 1. The highest BCUT2D eigenvalue weighted by molar-refractivity contribution is 7.07. The number of aliphatic hydroxyl groups is 1. The Kier molecular flexibility index (Phi) is 9.03. The molecule has 7 nitrogen and oxygen atoms in total. The SMILES string of the molecule is C[Si](C)(C)CCOCOc1cc(OCc2ccsc2)ccc1C(=O)C(CO)C(=O)O. The number of Topliss-reactive ketones (excluding diaryl/α,β-unsaturated/α-hetero) is 1. The van der Waals surface area contributed by atoms with Gasteiger partial charge >= 0.3 is 5.97 Å². The van der Waals surface area contributed by atoms with Gasteiger partial charge in [0, 0.05) is 20.7 Å². The number of carboxylic acids is 1. The van der Waals surface area contributed by atoms with Gasteiger partial charge in [-0.05, 0) is 40.6 Å². The first-order chi connectivity index (χ1) is 14.2. The summed E-state index contributed by atoms with van der Waals surface area (Å²) in [5.41, 5.74) is 1.08. The number of carbonyl (C=O) groups is 2. The highest BCUT2D eigenvalue weighted by Gasteiger charge is 2.29. The molecule has 1 aromatic carbocycles. The molecule has 0 bridgehead atoms. The lowest BCUT2D eigenvalue weighted by atomic mass is 9.97. The highest BCUT2D eigenvalue weighted by atomic mass is 32.1. The van der Waals surface area contributed by atoms with Crippen LogP contribution in [0, 0.1) is 5.92 Å². The molecule has 0 radical (unpaired) electrons.